The third-order valence-electron chi connectivity index (χ3n) is 5.81. The number of hydrogen-bond donors (Lipinski definition) is 0. The van der Waals surface area contributed by atoms with Gasteiger partial charge in [0.2, 0.25) is 0 Å². The second-order valence-electron chi connectivity index (χ2n) is 8.13. The molecular formula is C28H34N2Se. The summed E-state index contributed by atoms with van der Waals surface area (Å²) in [5.74, 6) is 4.93. The normalized spacial score (nSPS) is 14.6. The van der Waals surface area contributed by atoms with Crippen LogP contribution in [-0.2, 0) is 0 Å². The standard InChI is InChI=1S/C28H34N2Se/c1-8-16-29(17-9-2)23-12-14-25-22(5)26-15-13-24(30(18-10-3)19-11-4)21-28(26)31(6,7)27(25)20-23/h8-15,20-21H,1-5,16-19H2,6-7H3. The first-order valence-corrected chi connectivity index (χ1v) is 15.7. The first-order valence-electron chi connectivity index (χ1n) is 10.5. The zero-order valence-electron chi connectivity index (χ0n) is 18.9. The van der Waals surface area contributed by atoms with Gasteiger partial charge in [0.25, 0.3) is 0 Å². The number of anilines is 2. The van der Waals surface area contributed by atoms with Gasteiger partial charge in [-0.05, 0) is 0 Å². The maximum absolute atomic E-state index is 4.49. The van der Waals surface area contributed by atoms with Crippen molar-refractivity contribution in [1.29, 1.82) is 0 Å². The first kappa shape index (κ1) is 22.9. The van der Waals surface area contributed by atoms with Crippen molar-refractivity contribution in [2.75, 3.05) is 36.0 Å². The average molecular weight is 478 g/mol. The van der Waals surface area contributed by atoms with E-state index in [4.69, 9.17) is 0 Å². The van der Waals surface area contributed by atoms with E-state index in [1.54, 1.807) is 0 Å². The molecule has 162 valence electrons. The van der Waals surface area contributed by atoms with E-state index in [1.165, 1.54) is 31.4 Å². The zero-order chi connectivity index (χ0) is 22.6. The Morgan fingerprint density at radius 1 is 0.677 bits per heavy atom. The van der Waals surface area contributed by atoms with Crippen LogP contribution in [0.2, 0.25) is 11.6 Å². The Hall–Kier alpha value is -2.74. The summed E-state index contributed by atoms with van der Waals surface area (Å²) in [6.45, 7) is 23.4. The summed E-state index contributed by atoms with van der Waals surface area (Å²) >= 11 is -2.16. The van der Waals surface area contributed by atoms with E-state index in [2.05, 4.69) is 90.7 Å². The van der Waals surface area contributed by atoms with Crippen LogP contribution in [0.5, 0.6) is 0 Å². The molecule has 0 saturated carbocycles. The molecule has 0 atom stereocenters. The summed E-state index contributed by atoms with van der Waals surface area (Å²) < 4.78 is 2.92. The van der Waals surface area contributed by atoms with Gasteiger partial charge in [0.1, 0.15) is 0 Å². The Morgan fingerprint density at radius 2 is 1.03 bits per heavy atom. The van der Waals surface area contributed by atoms with E-state index < -0.39 is 12.8 Å². The zero-order valence-corrected chi connectivity index (χ0v) is 20.7. The van der Waals surface area contributed by atoms with Crippen LogP contribution in [0.4, 0.5) is 11.4 Å². The first-order chi connectivity index (χ1) is 14.9. The molecular weight excluding hydrogens is 443 g/mol. The molecule has 1 aliphatic heterocycles. The van der Waals surface area contributed by atoms with Crippen LogP contribution in [0.15, 0.2) is 93.6 Å². The monoisotopic (exact) mass is 478 g/mol. The van der Waals surface area contributed by atoms with E-state index in [1.807, 2.05) is 24.3 Å². The quantitative estimate of drug-likeness (QED) is 0.341. The van der Waals surface area contributed by atoms with Gasteiger partial charge in [-0.25, -0.2) is 0 Å². The van der Waals surface area contributed by atoms with E-state index in [-0.39, 0.29) is 0 Å². The number of hydrogen-bond acceptors (Lipinski definition) is 2. The van der Waals surface area contributed by atoms with Crippen molar-refractivity contribution in [2.24, 2.45) is 0 Å². The van der Waals surface area contributed by atoms with E-state index in [0.29, 0.717) is 0 Å². The summed E-state index contributed by atoms with van der Waals surface area (Å²) in [6.07, 6.45) is 7.78. The second-order valence-corrected chi connectivity index (χ2v) is 15.5. The Bertz CT molecular complexity index is 932. The molecule has 0 saturated heterocycles. The van der Waals surface area contributed by atoms with Crippen molar-refractivity contribution < 1.29 is 0 Å². The van der Waals surface area contributed by atoms with E-state index >= 15 is 0 Å². The Morgan fingerprint density at radius 3 is 1.35 bits per heavy atom. The molecule has 1 aliphatic rings. The molecule has 2 aromatic carbocycles. The van der Waals surface area contributed by atoms with Crippen molar-refractivity contribution in [1.82, 2.24) is 0 Å². The van der Waals surface area contributed by atoms with Gasteiger partial charge in [0.05, 0.1) is 0 Å². The van der Waals surface area contributed by atoms with Gasteiger partial charge < -0.3 is 0 Å². The summed E-state index contributed by atoms with van der Waals surface area (Å²) in [5, 5.41) is 0. The third kappa shape index (κ3) is 4.35. The van der Waals surface area contributed by atoms with Gasteiger partial charge in [-0.3, -0.25) is 0 Å². The summed E-state index contributed by atoms with van der Waals surface area (Å²) in [5.41, 5.74) is 6.14. The van der Waals surface area contributed by atoms with Crippen LogP contribution in [0.1, 0.15) is 11.1 Å². The van der Waals surface area contributed by atoms with E-state index in [0.717, 1.165) is 31.8 Å². The molecule has 0 aromatic heterocycles. The Balaban J connectivity index is 2.12. The van der Waals surface area contributed by atoms with Crippen LogP contribution in [0.3, 0.4) is 0 Å². The minimum atomic E-state index is -2.16. The van der Waals surface area contributed by atoms with Gasteiger partial charge in [-0.2, -0.15) is 0 Å². The summed E-state index contributed by atoms with van der Waals surface area (Å²) in [6, 6.07) is 13.7. The number of rotatable bonds is 10. The van der Waals surface area contributed by atoms with Gasteiger partial charge >= 0.3 is 191 Å². The molecule has 0 amide bonds. The fourth-order valence-corrected chi connectivity index (χ4v) is 9.57. The minimum absolute atomic E-state index is 0.800. The predicted molar refractivity (Wildman–Crippen MR) is 143 cm³/mol. The molecule has 0 unspecified atom stereocenters. The number of benzene rings is 2. The summed E-state index contributed by atoms with van der Waals surface area (Å²) in [7, 11) is 0. The van der Waals surface area contributed by atoms with Crippen molar-refractivity contribution in [3.8, 4) is 0 Å². The molecule has 0 aliphatic carbocycles. The molecule has 0 N–H and O–H groups in total. The molecule has 2 nitrogen and oxygen atoms in total. The molecule has 3 heteroatoms. The SMILES string of the molecule is C=CCN(CC=C)c1ccc2c(c1)[Se](C)(C)c1cc(N(CC=C)CC=C)ccc1C2=C. The molecule has 0 fully saturated rings. The van der Waals surface area contributed by atoms with Gasteiger partial charge in [0.15, 0.2) is 0 Å². The van der Waals surface area contributed by atoms with Crippen LogP contribution in [0.25, 0.3) is 5.57 Å². The molecule has 2 aromatic rings. The Labute approximate surface area is 190 Å². The van der Waals surface area contributed by atoms with Crippen LogP contribution in [0, 0.1) is 0 Å². The molecule has 31 heavy (non-hydrogen) atoms. The van der Waals surface area contributed by atoms with Crippen molar-refractivity contribution in [3.05, 3.63) is 105 Å². The van der Waals surface area contributed by atoms with Crippen LogP contribution in [-0.4, -0.2) is 39.0 Å². The molecule has 1 heterocycles. The van der Waals surface area contributed by atoms with Gasteiger partial charge in [0, 0.05) is 0 Å². The predicted octanol–water partition coefficient (Wildman–Crippen LogP) is 5.24. The van der Waals surface area contributed by atoms with Crippen molar-refractivity contribution >= 4 is 38.7 Å². The van der Waals surface area contributed by atoms with Crippen LogP contribution >= 0.6 is 0 Å². The molecule has 0 spiro atoms. The molecule has 3 rings (SSSR count). The molecule has 0 bridgehead atoms. The van der Waals surface area contributed by atoms with Crippen molar-refractivity contribution in [2.45, 2.75) is 11.6 Å². The van der Waals surface area contributed by atoms with Gasteiger partial charge in [-0.1, -0.05) is 0 Å². The Kier molecular flexibility index (Phi) is 7.10. The van der Waals surface area contributed by atoms with E-state index in [9.17, 15) is 0 Å². The second kappa shape index (κ2) is 9.60. The third-order valence-corrected chi connectivity index (χ3v) is 11.8. The fourth-order valence-electron chi connectivity index (χ4n) is 4.22. The van der Waals surface area contributed by atoms with Crippen molar-refractivity contribution in [3.63, 3.8) is 0 Å². The topological polar surface area (TPSA) is 6.48 Å². The fraction of sp³-hybridized carbons (Fsp3) is 0.214. The maximum atomic E-state index is 4.49. The van der Waals surface area contributed by atoms with Crippen LogP contribution < -0.4 is 18.7 Å². The number of fused-ring (bicyclic) bond motifs is 2. The number of nitrogens with zero attached hydrogens (tertiary/aromatic N) is 2. The summed E-state index contributed by atoms with van der Waals surface area (Å²) in [4.78, 5) is 4.61. The molecule has 0 radical (unpaired) electrons. The average Bonchev–Trinajstić information content (AvgIpc) is 2.77. The van der Waals surface area contributed by atoms with Gasteiger partial charge in [-0.15, -0.1) is 0 Å².